The molecule has 6 atom stereocenters. The van der Waals surface area contributed by atoms with Crippen molar-refractivity contribution in [2.24, 2.45) is 17.6 Å². The van der Waals surface area contributed by atoms with Gasteiger partial charge in [-0.1, -0.05) is 26.0 Å². The molecule has 37 heavy (non-hydrogen) atoms. The monoisotopic (exact) mass is 518 g/mol. The summed E-state index contributed by atoms with van der Waals surface area (Å²) in [5.74, 6) is -0.427. The highest BCUT2D eigenvalue weighted by atomic mass is 16.6. The molecule has 0 radical (unpaired) electrons. The van der Waals surface area contributed by atoms with E-state index in [2.05, 4.69) is 5.32 Å². The molecule has 0 saturated carbocycles. The molecule has 5 N–H and O–H groups in total. The predicted octanol–water partition coefficient (Wildman–Crippen LogP) is 4.08. The Morgan fingerprint density at radius 3 is 2.41 bits per heavy atom. The summed E-state index contributed by atoms with van der Waals surface area (Å²) < 4.78 is 16.7. The van der Waals surface area contributed by atoms with E-state index in [1.165, 1.54) is 13.2 Å². The summed E-state index contributed by atoms with van der Waals surface area (Å²) in [6.45, 7) is 7.44. The lowest BCUT2D eigenvalue weighted by Crippen LogP contribution is -2.37. The Morgan fingerprint density at radius 2 is 1.78 bits per heavy atom. The van der Waals surface area contributed by atoms with Crippen LogP contribution in [0.1, 0.15) is 52.5 Å². The first-order valence-electron chi connectivity index (χ1n) is 12.6. The van der Waals surface area contributed by atoms with E-state index in [0.717, 1.165) is 5.56 Å². The van der Waals surface area contributed by atoms with Crippen LogP contribution < -0.4 is 11.1 Å². The van der Waals surface area contributed by atoms with Crippen molar-refractivity contribution in [3.63, 3.8) is 0 Å². The molecule has 0 saturated heterocycles. The molecular formula is C28H42N2O7. The minimum Gasteiger partial charge on any atom is -0.508 e. The number of ether oxygens (including phenoxy) is 3. The number of amides is 2. The standard InChI is InChI=1S/C28H42N2O7/c1-16-10-20-13-21(15-22(31)14-20)30-27(33)17(2)8-7-9-23(35-5)26(37-28(29)34)19(4)12-18(3)25(32)24(11-16)36-6/h8,12-16,18,23-26,31-32H,7,9-11H2,1-6H3,(H2,29,34)(H,30,33). The number of phenols is 1. The van der Waals surface area contributed by atoms with Crippen LogP contribution in [0.2, 0.25) is 0 Å². The van der Waals surface area contributed by atoms with Crippen LogP contribution in [-0.2, 0) is 25.4 Å². The van der Waals surface area contributed by atoms with E-state index in [4.69, 9.17) is 19.9 Å². The third-order valence-electron chi connectivity index (χ3n) is 6.79. The zero-order valence-corrected chi connectivity index (χ0v) is 22.7. The van der Waals surface area contributed by atoms with E-state index in [9.17, 15) is 19.8 Å². The number of allylic oxidation sites excluding steroid dienone is 1. The zero-order valence-electron chi connectivity index (χ0n) is 22.7. The molecule has 2 amide bonds. The van der Waals surface area contributed by atoms with Gasteiger partial charge < -0.3 is 35.5 Å². The minimum absolute atomic E-state index is 0.0634. The third-order valence-corrected chi connectivity index (χ3v) is 6.79. The van der Waals surface area contributed by atoms with E-state index < -0.39 is 30.5 Å². The minimum atomic E-state index is -0.925. The second kappa shape index (κ2) is 14.2. The molecular weight excluding hydrogens is 476 g/mol. The number of aliphatic hydroxyl groups excluding tert-OH is 1. The molecule has 0 fully saturated rings. The first-order valence-corrected chi connectivity index (χ1v) is 12.6. The number of carbonyl (C=O) groups excluding carboxylic acids is 2. The molecule has 1 aromatic carbocycles. The first-order chi connectivity index (χ1) is 17.4. The molecule has 0 aliphatic carbocycles. The highest BCUT2D eigenvalue weighted by Gasteiger charge is 2.30. The van der Waals surface area contributed by atoms with E-state index in [1.807, 2.05) is 32.9 Å². The fourth-order valence-corrected chi connectivity index (χ4v) is 4.83. The van der Waals surface area contributed by atoms with E-state index in [0.29, 0.717) is 42.5 Å². The van der Waals surface area contributed by atoms with Gasteiger partial charge in [-0.25, -0.2) is 4.79 Å². The van der Waals surface area contributed by atoms with E-state index >= 15 is 0 Å². The van der Waals surface area contributed by atoms with Crippen LogP contribution in [0.15, 0.2) is 41.5 Å². The summed E-state index contributed by atoms with van der Waals surface area (Å²) in [7, 11) is 3.09. The maximum Gasteiger partial charge on any atom is 0.405 e. The lowest BCUT2D eigenvalue weighted by Gasteiger charge is -2.30. The Hall–Kier alpha value is -2.88. The maximum atomic E-state index is 12.8. The van der Waals surface area contributed by atoms with Gasteiger partial charge in [-0.05, 0) is 68.7 Å². The summed E-state index contributed by atoms with van der Waals surface area (Å²) in [6, 6.07) is 5.02. The number of methoxy groups -OCH3 is 2. The van der Waals surface area contributed by atoms with Crippen molar-refractivity contribution in [1.82, 2.24) is 0 Å². The Bertz CT molecular complexity index is 991. The van der Waals surface area contributed by atoms with Crippen LogP contribution in [0.5, 0.6) is 5.75 Å². The van der Waals surface area contributed by atoms with E-state index in [1.54, 1.807) is 26.2 Å². The average molecular weight is 519 g/mol. The number of aromatic hydroxyl groups is 1. The van der Waals surface area contributed by atoms with Gasteiger partial charge in [0.1, 0.15) is 5.75 Å². The molecule has 2 bridgehead atoms. The fourth-order valence-electron chi connectivity index (χ4n) is 4.83. The second-order valence-corrected chi connectivity index (χ2v) is 10.0. The summed E-state index contributed by atoms with van der Waals surface area (Å²) in [5, 5.41) is 24.2. The number of rotatable bonds is 3. The first kappa shape index (κ1) is 30.3. The Balaban J connectivity index is 2.47. The largest absolute Gasteiger partial charge is 0.508 e. The predicted molar refractivity (Wildman–Crippen MR) is 142 cm³/mol. The number of carbonyl (C=O) groups is 2. The van der Waals surface area contributed by atoms with Crippen molar-refractivity contribution in [2.45, 2.75) is 77.8 Å². The zero-order chi connectivity index (χ0) is 27.7. The molecule has 1 aromatic rings. The van der Waals surface area contributed by atoms with Crippen LogP contribution in [0.25, 0.3) is 0 Å². The number of hydrogen-bond donors (Lipinski definition) is 4. The number of aliphatic hydroxyl groups is 1. The molecule has 206 valence electrons. The molecule has 0 spiro atoms. The Kier molecular flexibility index (Phi) is 11.6. The van der Waals surface area contributed by atoms with Gasteiger partial charge in [0.25, 0.3) is 5.91 Å². The van der Waals surface area contributed by atoms with Crippen LogP contribution in [0.4, 0.5) is 10.5 Å². The van der Waals surface area contributed by atoms with Crippen molar-refractivity contribution in [1.29, 1.82) is 0 Å². The summed E-state index contributed by atoms with van der Waals surface area (Å²) in [4.78, 5) is 24.4. The number of phenolic OH excluding ortho intramolecular Hbond substituents is 1. The van der Waals surface area contributed by atoms with Gasteiger partial charge in [-0.15, -0.1) is 0 Å². The number of nitrogens with two attached hydrogens (primary N) is 1. The van der Waals surface area contributed by atoms with Gasteiger partial charge in [-0.2, -0.15) is 0 Å². The van der Waals surface area contributed by atoms with Crippen molar-refractivity contribution >= 4 is 17.7 Å². The molecule has 6 unspecified atom stereocenters. The Labute approximate surface area is 219 Å². The highest BCUT2D eigenvalue weighted by Crippen LogP contribution is 2.27. The van der Waals surface area contributed by atoms with Crippen LogP contribution in [-0.4, -0.2) is 60.8 Å². The molecule has 1 aliphatic heterocycles. The Morgan fingerprint density at radius 1 is 1.11 bits per heavy atom. The van der Waals surface area contributed by atoms with Crippen molar-refractivity contribution in [2.75, 3.05) is 19.5 Å². The van der Waals surface area contributed by atoms with Crippen LogP contribution in [0.3, 0.4) is 0 Å². The average Bonchev–Trinajstić information content (AvgIpc) is 2.82. The number of benzene rings is 1. The number of primary amides is 1. The second-order valence-electron chi connectivity index (χ2n) is 10.0. The molecule has 1 aliphatic rings. The number of anilines is 1. The SMILES string of the molecule is COC1CCC=C(C)C(=O)Nc2cc(O)cc(c2)CC(C)CC(OC)C(O)C(C)C=C(C)C1OC(N)=O. The fraction of sp³-hybridized carbons (Fsp3) is 0.571. The van der Waals surface area contributed by atoms with Gasteiger partial charge in [0, 0.05) is 37.5 Å². The molecule has 9 heteroatoms. The quantitative estimate of drug-likeness (QED) is 0.442. The van der Waals surface area contributed by atoms with Crippen molar-refractivity contribution < 1.29 is 34.0 Å². The summed E-state index contributed by atoms with van der Waals surface area (Å²) >= 11 is 0. The van der Waals surface area contributed by atoms with E-state index in [-0.39, 0.29) is 23.5 Å². The van der Waals surface area contributed by atoms with Gasteiger partial charge in [0.05, 0.1) is 18.3 Å². The molecule has 1 heterocycles. The van der Waals surface area contributed by atoms with Gasteiger partial charge in [-0.3, -0.25) is 4.79 Å². The maximum absolute atomic E-state index is 12.8. The number of fused-ring (bicyclic) bond motifs is 2. The van der Waals surface area contributed by atoms with Crippen LogP contribution in [0, 0.1) is 11.8 Å². The van der Waals surface area contributed by atoms with Gasteiger partial charge in [0.15, 0.2) is 6.10 Å². The number of hydrogen-bond acceptors (Lipinski definition) is 7. The summed E-state index contributed by atoms with van der Waals surface area (Å²) in [6.07, 6.45) is 2.29. The van der Waals surface area contributed by atoms with Crippen LogP contribution >= 0.6 is 0 Å². The highest BCUT2D eigenvalue weighted by molar-refractivity contribution is 6.03. The normalized spacial score (nSPS) is 28.6. The smallest absolute Gasteiger partial charge is 0.405 e. The van der Waals surface area contributed by atoms with Crippen molar-refractivity contribution in [3.05, 3.63) is 47.1 Å². The van der Waals surface area contributed by atoms with Crippen molar-refractivity contribution in [3.8, 4) is 5.75 Å². The van der Waals surface area contributed by atoms with Gasteiger partial charge in [0.2, 0.25) is 0 Å². The summed E-state index contributed by atoms with van der Waals surface area (Å²) in [5.41, 5.74) is 7.92. The topological polar surface area (TPSA) is 140 Å². The lowest BCUT2D eigenvalue weighted by molar-refractivity contribution is -0.112. The molecule has 9 nitrogen and oxygen atoms in total. The lowest BCUT2D eigenvalue weighted by atomic mass is 9.88. The number of nitrogens with one attached hydrogen (secondary N) is 1. The third kappa shape index (κ3) is 9.18. The molecule has 0 aromatic heterocycles. The van der Waals surface area contributed by atoms with Gasteiger partial charge >= 0.3 is 6.09 Å². The molecule has 2 rings (SSSR count).